The Labute approximate surface area is 115 Å². The average molecular weight is 261 g/mol. The van der Waals surface area contributed by atoms with E-state index in [0.717, 1.165) is 25.8 Å². The zero-order valence-corrected chi connectivity index (χ0v) is 11.6. The SMILES string of the molecule is CC(CN)CCC(=O)N1CCCC1c1ccncc1. The third-order valence-corrected chi connectivity index (χ3v) is 3.92. The molecule has 1 aliphatic heterocycles. The molecule has 1 amide bonds. The van der Waals surface area contributed by atoms with E-state index >= 15 is 0 Å². The van der Waals surface area contributed by atoms with Gasteiger partial charge < -0.3 is 10.6 Å². The molecule has 4 heteroatoms. The fourth-order valence-corrected chi connectivity index (χ4v) is 2.63. The van der Waals surface area contributed by atoms with Crippen LogP contribution in [0.15, 0.2) is 24.5 Å². The summed E-state index contributed by atoms with van der Waals surface area (Å²) in [6.07, 6.45) is 7.24. The maximum atomic E-state index is 12.3. The molecule has 2 unspecified atom stereocenters. The molecule has 0 spiro atoms. The molecule has 2 rings (SSSR count). The van der Waals surface area contributed by atoms with Gasteiger partial charge in [0.15, 0.2) is 0 Å². The molecule has 2 atom stereocenters. The van der Waals surface area contributed by atoms with Crippen LogP contribution in [0.5, 0.6) is 0 Å². The Bertz CT molecular complexity index is 407. The van der Waals surface area contributed by atoms with Crippen LogP contribution in [0.1, 0.15) is 44.2 Å². The minimum absolute atomic E-state index is 0.240. The monoisotopic (exact) mass is 261 g/mol. The topological polar surface area (TPSA) is 59.2 Å². The maximum absolute atomic E-state index is 12.3. The first-order chi connectivity index (χ1) is 9.22. The minimum atomic E-state index is 0.240. The normalized spacial score (nSPS) is 20.5. The first kappa shape index (κ1) is 14.0. The van der Waals surface area contributed by atoms with Gasteiger partial charge in [-0.2, -0.15) is 0 Å². The van der Waals surface area contributed by atoms with E-state index in [1.54, 1.807) is 12.4 Å². The van der Waals surface area contributed by atoms with E-state index in [0.29, 0.717) is 18.9 Å². The molecule has 2 heterocycles. The first-order valence-corrected chi connectivity index (χ1v) is 7.12. The molecule has 1 aliphatic rings. The van der Waals surface area contributed by atoms with Gasteiger partial charge in [0.2, 0.25) is 5.91 Å². The lowest BCUT2D eigenvalue weighted by atomic mass is 10.0. The van der Waals surface area contributed by atoms with Crippen molar-refractivity contribution in [1.82, 2.24) is 9.88 Å². The van der Waals surface area contributed by atoms with Gasteiger partial charge in [0, 0.05) is 25.4 Å². The van der Waals surface area contributed by atoms with Gasteiger partial charge in [-0.15, -0.1) is 0 Å². The minimum Gasteiger partial charge on any atom is -0.336 e. The van der Waals surface area contributed by atoms with Gasteiger partial charge in [-0.1, -0.05) is 6.92 Å². The van der Waals surface area contributed by atoms with E-state index in [2.05, 4.69) is 11.9 Å². The van der Waals surface area contributed by atoms with Gasteiger partial charge >= 0.3 is 0 Å². The number of hydrogen-bond acceptors (Lipinski definition) is 3. The van der Waals surface area contributed by atoms with Gasteiger partial charge in [0.25, 0.3) is 0 Å². The van der Waals surface area contributed by atoms with Gasteiger partial charge in [-0.05, 0) is 49.4 Å². The number of rotatable bonds is 5. The summed E-state index contributed by atoms with van der Waals surface area (Å²) in [6, 6.07) is 4.26. The van der Waals surface area contributed by atoms with Crippen molar-refractivity contribution in [2.24, 2.45) is 11.7 Å². The molecule has 1 aromatic heterocycles. The molecule has 1 fully saturated rings. The molecule has 1 aromatic rings. The summed E-state index contributed by atoms with van der Waals surface area (Å²) in [5, 5.41) is 0. The number of carbonyl (C=O) groups excluding carboxylic acids is 1. The lowest BCUT2D eigenvalue weighted by molar-refractivity contribution is -0.132. The molecule has 0 radical (unpaired) electrons. The standard InChI is InChI=1S/C15H23N3O/c1-12(11-16)4-5-15(19)18-10-2-3-14(18)13-6-8-17-9-7-13/h6-9,12,14H,2-5,10-11,16H2,1H3. The van der Waals surface area contributed by atoms with Crippen LogP contribution in [0.3, 0.4) is 0 Å². The smallest absolute Gasteiger partial charge is 0.223 e. The Morgan fingerprint density at radius 1 is 1.53 bits per heavy atom. The molecule has 0 saturated carbocycles. The number of pyridine rings is 1. The largest absolute Gasteiger partial charge is 0.336 e. The van der Waals surface area contributed by atoms with E-state index in [4.69, 9.17) is 5.73 Å². The number of likely N-dealkylation sites (tertiary alicyclic amines) is 1. The number of hydrogen-bond donors (Lipinski definition) is 1. The molecule has 104 valence electrons. The average Bonchev–Trinajstić information content (AvgIpc) is 2.94. The van der Waals surface area contributed by atoms with Crippen LogP contribution in [0.2, 0.25) is 0 Å². The zero-order valence-electron chi connectivity index (χ0n) is 11.6. The van der Waals surface area contributed by atoms with Crippen LogP contribution in [0.4, 0.5) is 0 Å². The van der Waals surface area contributed by atoms with Crippen LogP contribution in [-0.4, -0.2) is 28.9 Å². The van der Waals surface area contributed by atoms with E-state index in [1.165, 1.54) is 5.56 Å². The second-order valence-corrected chi connectivity index (χ2v) is 5.41. The van der Waals surface area contributed by atoms with Crippen LogP contribution >= 0.6 is 0 Å². The van der Waals surface area contributed by atoms with Crippen molar-refractivity contribution in [1.29, 1.82) is 0 Å². The summed E-state index contributed by atoms with van der Waals surface area (Å²) in [6.45, 7) is 3.63. The molecule has 2 N–H and O–H groups in total. The van der Waals surface area contributed by atoms with E-state index in [1.807, 2.05) is 17.0 Å². The Morgan fingerprint density at radius 2 is 2.26 bits per heavy atom. The summed E-state index contributed by atoms with van der Waals surface area (Å²) >= 11 is 0. The Kier molecular flexibility index (Phi) is 4.91. The second-order valence-electron chi connectivity index (χ2n) is 5.41. The highest BCUT2D eigenvalue weighted by Gasteiger charge is 2.29. The van der Waals surface area contributed by atoms with Gasteiger partial charge in [-0.3, -0.25) is 9.78 Å². The predicted molar refractivity (Wildman–Crippen MR) is 75.4 cm³/mol. The third-order valence-electron chi connectivity index (χ3n) is 3.92. The van der Waals surface area contributed by atoms with E-state index in [-0.39, 0.29) is 11.9 Å². The third kappa shape index (κ3) is 3.53. The molecule has 0 bridgehead atoms. The first-order valence-electron chi connectivity index (χ1n) is 7.12. The molecule has 4 nitrogen and oxygen atoms in total. The van der Waals surface area contributed by atoms with Crippen LogP contribution in [0.25, 0.3) is 0 Å². The van der Waals surface area contributed by atoms with Crippen molar-refractivity contribution < 1.29 is 4.79 Å². The molecule has 1 saturated heterocycles. The highest BCUT2D eigenvalue weighted by Crippen LogP contribution is 2.32. The zero-order chi connectivity index (χ0) is 13.7. The van der Waals surface area contributed by atoms with Gasteiger partial charge in [0.1, 0.15) is 0 Å². The Hall–Kier alpha value is -1.42. The summed E-state index contributed by atoms with van der Waals surface area (Å²) in [5.74, 6) is 0.686. The highest BCUT2D eigenvalue weighted by atomic mass is 16.2. The molecular formula is C15H23N3O. The van der Waals surface area contributed by atoms with Crippen molar-refractivity contribution >= 4 is 5.91 Å². The molecule has 0 aliphatic carbocycles. The fourth-order valence-electron chi connectivity index (χ4n) is 2.63. The van der Waals surface area contributed by atoms with Crippen molar-refractivity contribution in [3.05, 3.63) is 30.1 Å². The number of nitrogens with two attached hydrogens (primary N) is 1. The summed E-state index contributed by atoms with van der Waals surface area (Å²) in [5.41, 5.74) is 6.80. The van der Waals surface area contributed by atoms with Crippen molar-refractivity contribution in [2.45, 2.75) is 38.6 Å². The number of carbonyl (C=O) groups is 1. The lowest BCUT2D eigenvalue weighted by Gasteiger charge is -2.25. The number of amides is 1. The second kappa shape index (κ2) is 6.66. The summed E-state index contributed by atoms with van der Waals surface area (Å²) in [4.78, 5) is 18.4. The Morgan fingerprint density at radius 3 is 2.95 bits per heavy atom. The summed E-state index contributed by atoms with van der Waals surface area (Å²) in [7, 11) is 0. The van der Waals surface area contributed by atoms with Crippen molar-refractivity contribution in [3.8, 4) is 0 Å². The van der Waals surface area contributed by atoms with Gasteiger partial charge in [0.05, 0.1) is 6.04 Å². The van der Waals surface area contributed by atoms with Gasteiger partial charge in [-0.25, -0.2) is 0 Å². The van der Waals surface area contributed by atoms with Crippen molar-refractivity contribution in [2.75, 3.05) is 13.1 Å². The molecular weight excluding hydrogens is 238 g/mol. The molecule has 19 heavy (non-hydrogen) atoms. The lowest BCUT2D eigenvalue weighted by Crippen LogP contribution is -2.31. The predicted octanol–water partition coefficient (Wildman–Crippen LogP) is 2.12. The maximum Gasteiger partial charge on any atom is 0.223 e. The van der Waals surface area contributed by atoms with E-state index in [9.17, 15) is 4.79 Å². The quantitative estimate of drug-likeness (QED) is 0.883. The van der Waals surface area contributed by atoms with E-state index < -0.39 is 0 Å². The van der Waals surface area contributed by atoms with Crippen LogP contribution in [0, 0.1) is 5.92 Å². The summed E-state index contributed by atoms with van der Waals surface area (Å²) < 4.78 is 0. The van der Waals surface area contributed by atoms with Crippen molar-refractivity contribution in [3.63, 3.8) is 0 Å². The fraction of sp³-hybridized carbons (Fsp3) is 0.600. The van der Waals surface area contributed by atoms with Crippen LogP contribution < -0.4 is 5.73 Å². The highest BCUT2D eigenvalue weighted by molar-refractivity contribution is 5.77. The number of nitrogens with zero attached hydrogens (tertiary/aromatic N) is 2. The Balaban J connectivity index is 1.97. The number of aromatic nitrogens is 1. The molecule has 0 aromatic carbocycles. The van der Waals surface area contributed by atoms with Crippen LogP contribution in [-0.2, 0) is 4.79 Å².